The molecule has 1 aliphatic carbocycles. The van der Waals surface area contributed by atoms with Gasteiger partial charge in [-0.2, -0.15) is 5.10 Å². The number of carbonyl (C=O) groups excluding carboxylic acids is 1. The van der Waals surface area contributed by atoms with Gasteiger partial charge in [-0.25, -0.2) is 0 Å². The second-order valence-electron chi connectivity index (χ2n) is 6.50. The molecule has 0 atom stereocenters. The number of rotatable bonds is 5. The van der Waals surface area contributed by atoms with Crippen LogP contribution >= 0.6 is 0 Å². The summed E-state index contributed by atoms with van der Waals surface area (Å²) in [6.07, 6.45) is 7.28. The Morgan fingerprint density at radius 2 is 2.04 bits per heavy atom. The van der Waals surface area contributed by atoms with E-state index in [-0.39, 0.29) is 12.5 Å². The van der Waals surface area contributed by atoms with Crippen molar-refractivity contribution in [2.45, 2.75) is 44.6 Å². The van der Waals surface area contributed by atoms with Crippen LogP contribution in [0.25, 0.3) is 0 Å². The van der Waals surface area contributed by atoms with Crippen LogP contribution in [0.15, 0.2) is 12.3 Å². The van der Waals surface area contributed by atoms with Crippen molar-refractivity contribution in [2.24, 2.45) is 5.41 Å². The van der Waals surface area contributed by atoms with Crippen molar-refractivity contribution < 1.29 is 19.4 Å². The van der Waals surface area contributed by atoms with Gasteiger partial charge >= 0.3 is 5.97 Å². The summed E-state index contributed by atoms with van der Waals surface area (Å²) in [5, 5.41) is 16.6. The molecule has 7 nitrogen and oxygen atoms in total. The zero-order chi connectivity index (χ0) is 16.3. The van der Waals surface area contributed by atoms with Gasteiger partial charge in [0.05, 0.1) is 11.5 Å². The maximum Gasteiger partial charge on any atom is 0.311 e. The summed E-state index contributed by atoms with van der Waals surface area (Å²) in [4.78, 5) is 23.8. The average Bonchev–Trinajstić information content (AvgIpc) is 3.24. The maximum absolute atomic E-state index is 12.3. The van der Waals surface area contributed by atoms with Crippen LogP contribution < -0.4 is 5.32 Å². The van der Waals surface area contributed by atoms with Crippen molar-refractivity contribution >= 4 is 11.9 Å². The van der Waals surface area contributed by atoms with E-state index in [4.69, 9.17) is 4.74 Å². The number of aromatic nitrogens is 2. The SMILES string of the molecule is O=C(NCC1(C(=O)O)CCOCC1)c1ccn(C2CCCC2)n1. The molecule has 0 aromatic carbocycles. The van der Waals surface area contributed by atoms with Crippen molar-refractivity contribution in [1.82, 2.24) is 15.1 Å². The molecule has 2 fully saturated rings. The van der Waals surface area contributed by atoms with Gasteiger partial charge < -0.3 is 15.2 Å². The zero-order valence-electron chi connectivity index (χ0n) is 13.2. The highest BCUT2D eigenvalue weighted by molar-refractivity contribution is 5.92. The quantitative estimate of drug-likeness (QED) is 0.859. The molecule has 3 rings (SSSR count). The molecule has 1 saturated heterocycles. The van der Waals surface area contributed by atoms with Crippen LogP contribution in [-0.2, 0) is 9.53 Å². The van der Waals surface area contributed by atoms with Crippen molar-refractivity contribution in [3.05, 3.63) is 18.0 Å². The van der Waals surface area contributed by atoms with Gasteiger partial charge in [0.2, 0.25) is 0 Å². The fraction of sp³-hybridized carbons (Fsp3) is 0.688. The van der Waals surface area contributed by atoms with Crippen LogP contribution in [0.2, 0.25) is 0 Å². The predicted molar refractivity (Wildman–Crippen MR) is 82.2 cm³/mol. The summed E-state index contributed by atoms with van der Waals surface area (Å²) in [5.74, 6) is -1.19. The number of carboxylic acids is 1. The van der Waals surface area contributed by atoms with Gasteiger partial charge in [0.25, 0.3) is 5.91 Å². The third-order valence-corrected chi connectivity index (χ3v) is 5.03. The highest BCUT2D eigenvalue weighted by atomic mass is 16.5. The second kappa shape index (κ2) is 6.70. The lowest BCUT2D eigenvalue weighted by molar-refractivity contribution is -0.154. The standard InChI is InChI=1S/C16H23N3O4/c20-14(13-5-8-19(18-13)12-3-1-2-4-12)17-11-16(15(21)22)6-9-23-10-7-16/h5,8,12H,1-4,6-7,9-11H2,(H,17,20)(H,21,22). The van der Waals surface area contributed by atoms with Crippen molar-refractivity contribution in [3.63, 3.8) is 0 Å². The Morgan fingerprint density at radius 3 is 2.70 bits per heavy atom. The number of hydrogen-bond donors (Lipinski definition) is 2. The van der Waals surface area contributed by atoms with E-state index in [0.717, 1.165) is 12.8 Å². The Morgan fingerprint density at radius 1 is 1.35 bits per heavy atom. The van der Waals surface area contributed by atoms with E-state index < -0.39 is 11.4 Å². The highest BCUT2D eigenvalue weighted by Crippen LogP contribution is 2.30. The van der Waals surface area contributed by atoms with E-state index in [1.165, 1.54) is 12.8 Å². The minimum Gasteiger partial charge on any atom is -0.481 e. The monoisotopic (exact) mass is 321 g/mol. The molecule has 0 unspecified atom stereocenters. The first-order valence-electron chi connectivity index (χ1n) is 8.25. The summed E-state index contributed by atoms with van der Waals surface area (Å²) in [6, 6.07) is 2.09. The summed E-state index contributed by atoms with van der Waals surface area (Å²) in [5.41, 5.74) is -0.577. The van der Waals surface area contributed by atoms with E-state index in [1.807, 2.05) is 10.9 Å². The molecule has 0 bridgehead atoms. The molecule has 1 aromatic rings. The van der Waals surface area contributed by atoms with Crippen LogP contribution in [0.4, 0.5) is 0 Å². The normalized spacial score (nSPS) is 21.2. The lowest BCUT2D eigenvalue weighted by Crippen LogP contribution is -2.46. The first kappa shape index (κ1) is 16.0. The smallest absolute Gasteiger partial charge is 0.311 e. The van der Waals surface area contributed by atoms with Crippen LogP contribution in [0, 0.1) is 5.41 Å². The molecular formula is C16H23N3O4. The first-order chi connectivity index (χ1) is 11.1. The Labute approximate surface area is 135 Å². The van der Waals surface area contributed by atoms with Gasteiger partial charge in [-0.15, -0.1) is 0 Å². The number of carboxylic acid groups (broad SMARTS) is 1. The number of amides is 1. The maximum atomic E-state index is 12.3. The van der Waals surface area contributed by atoms with Gasteiger partial charge in [0.15, 0.2) is 0 Å². The predicted octanol–water partition coefficient (Wildman–Crippen LogP) is 1.61. The summed E-state index contributed by atoms with van der Waals surface area (Å²) in [7, 11) is 0. The number of ether oxygens (including phenoxy) is 1. The summed E-state index contributed by atoms with van der Waals surface area (Å²) >= 11 is 0. The van der Waals surface area contributed by atoms with Gasteiger partial charge in [-0.05, 0) is 31.7 Å². The Kier molecular flexibility index (Phi) is 4.66. The largest absolute Gasteiger partial charge is 0.481 e. The fourth-order valence-corrected chi connectivity index (χ4v) is 3.40. The molecule has 23 heavy (non-hydrogen) atoms. The third kappa shape index (κ3) is 3.39. The molecule has 1 amide bonds. The first-order valence-corrected chi connectivity index (χ1v) is 8.25. The van der Waals surface area contributed by atoms with Crippen molar-refractivity contribution in [2.75, 3.05) is 19.8 Å². The number of nitrogens with zero attached hydrogens (tertiary/aromatic N) is 2. The second-order valence-corrected chi connectivity index (χ2v) is 6.50. The molecule has 2 N–H and O–H groups in total. The number of hydrogen-bond acceptors (Lipinski definition) is 4. The van der Waals surface area contributed by atoms with Crippen molar-refractivity contribution in [3.8, 4) is 0 Å². The Balaban J connectivity index is 1.61. The van der Waals surface area contributed by atoms with Crippen LogP contribution in [0.1, 0.15) is 55.1 Å². The van der Waals surface area contributed by atoms with Gasteiger partial charge in [0.1, 0.15) is 5.69 Å². The zero-order valence-corrected chi connectivity index (χ0v) is 13.2. The van der Waals surface area contributed by atoms with Crippen LogP contribution in [0.5, 0.6) is 0 Å². The molecule has 0 spiro atoms. The summed E-state index contributed by atoms with van der Waals surface area (Å²) < 4.78 is 7.10. The number of nitrogens with one attached hydrogen (secondary N) is 1. The molecule has 0 radical (unpaired) electrons. The van der Waals surface area contributed by atoms with Gasteiger partial charge in [0, 0.05) is 26.0 Å². The minimum atomic E-state index is -0.929. The molecule has 2 heterocycles. The van der Waals surface area contributed by atoms with E-state index in [1.54, 1.807) is 6.07 Å². The Bertz CT molecular complexity index is 572. The average molecular weight is 321 g/mol. The molecule has 7 heteroatoms. The van der Waals surface area contributed by atoms with Crippen LogP contribution in [-0.4, -0.2) is 46.5 Å². The lowest BCUT2D eigenvalue weighted by atomic mass is 9.80. The lowest BCUT2D eigenvalue weighted by Gasteiger charge is -2.32. The molecule has 126 valence electrons. The fourth-order valence-electron chi connectivity index (χ4n) is 3.40. The molecule has 1 aliphatic heterocycles. The number of carbonyl (C=O) groups is 2. The highest BCUT2D eigenvalue weighted by Gasteiger charge is 2.40. The van der Waals surface area contributed by atoms with Crippen LogP contribution in [0.3, 0.4) is 0 Å². The molecule has 1 aromatic heterocycles. The van der Waals surface area contributed by atoms with Gasteiger partial charge in [-0.3, -0.25) is 14.3 Å². The van der Waals surface area contributed by atoms with Gasteiger partial charge in [-0.1, -0.05) is 12.8 Å². The van der Waals surface area contributed by atoms with E-state index in [9.17, 15) is 14.7 Å². The molecule has 2 aliphatic rings. The van der Waals surface area contributed by atoms with E-state index >= 15 is 0 Å². The van der Waals surface area contributed by atoms with Crippen molar-refractivity contribution in [1.29, 1.82) is 0 Å². The topological polar surface area (TPSA) is 93.5 Å². The van der Waals surface area contributed by atoms with E-state index in [0.29, 0.717) is 37.8 Å². The Hall–Kier alpha value is -1.89. The molecular weight excluding hydrogens is 298 g/mol. The summed E-state index contributed by atoms with van der Waals surface area (Å²) in [6.45, 7) is 0.942. The molecule has 1 saturated carbocycles. The minimum absolute atomic E-state index is 0.112. The van der Waals surface area contributed by atoms with E-state index in [2.05, 4.69) is 10.4 Å². The number of aliphatic carboxylic acids is 1. The third-order valence-electron chi connectivity index (χ3n) is 5.03.